The van der Waals surface area contributed by atoms with Crippen LogP contribution in [0.4, 0.5) is 0 Å². The Balaban J connectivity index is 2.43. The second-order valence-corrected chi connectivity index (χ2v) is 6.76. The first-order valence-corrected chi connectivity index (χ1v) is 8.90. The molecule has 0 heterocycles. The maximum Gasteiger partial charge on any atom is -0.00653 e. The molecule has 0 spiro atoms. The molecule has 0 aromatic heterocycles. The molecular formula is C24H26. The zero-order valence-corrected chi connectivity index (χ0v) is 15.1. The largest absolute Gasteiger partial charge is 0.0622 e. The van der Waals surface area contributed by atoms with Gasteiger partial charge in [0.15, 0.2) is 0 Å². The molecule has 0 atom stereocenters. The van der Waals surface area contributed by atoms with Crippen LogP contribution in [0.15, 0.2) is 66.7 Å². The standard InChI is InChI=1S/C24H26/c1-5-19-16-18(4)23(20-12-8-6-9-13-20)24(22(19)17(2)3)21-14-10-7-11-15-21/h6-17H,5H2,1-4H3. The summed E-state index contributed by atoms with van der Waals surface area (Å²) >= 11 is 0. The Morgan fingerprint density at radius 3 is 1.71 bits per heavy atom. The number of aryl methyl sites for hydroxylation is 2. The molecule has 122 valence electrons. The van der Waals surface area contributed by atoms with Crippen LogP contribution in [0, 0.1) is 6.92 Å². The highest BCUT2D eigenvalue weighted by atomic mass is 14.2. The Kier molecular flexibility index (Phi) is 4.85. The van der Waals surface area contributed by atoms with E-state index in [0.717, 1.165) is 6.42 Å². The van der Waals surface area contributed by atoms with Gasteiger partial charge >= 0.3 is 0 Å². The summed E-state index contributed by atoms with van der Waals surface area (Å²) in [7, 11) is 0. The average molecular weight is 314 g/mol. The normalized spacial score (nSPS) is 11.0. The smallest absolute Gasteiger partial charge is 0.00653 e. The lowest BCUT2D eigenvalue weighted by Gasteiger charge is -2.24. The minimum Gasteiger partial charge on any atom is -0.0622 e. The maximum absolute atomic E-state index is 2.39. The fourth-order valence-electron chi connectivity index (χ4n) is 3.74. The van der Waals surface area contributed by atoms with E-state index in [0.29, 0.717) is 5.92 Å². The fourth-order valence-corrected chi connectivity index (χ4v) is 3.74. The molecule has 0 nitrogen and oxygen atoms in total. The van der Waals surface area contributed by atoms with Gasteiger partial charge in [-0.2, -0.15) is 0 Å². The summed E-state index contributed by atoms with van der Waals surface area (Å²) in [6.45, 7) is 9.13. The molecule has 0 heteroatoms. The van der Waals surface area contributed by atoms with E-state index in [2.05, 4.69) is 94.4 Å². The molecule has 0 saturated carbocycles. The van der Waals surface area contributed by atoms with E-state index in [9.17, 15) is 0 Å². The van der Waals surface area contributed by atoms with Crippen LogP contribution in [0.5, 0.6) is 0 Å². The summed E-state index contributed by atoms with van der Waals surface area (Å²) in [6.07, 6.45) is 1.07. The second kappa shape index (κ2) is 7.05. The Morgan fingerprint density at radius 1 is 0.750 bits per heavy atom. The van der Waals surface area contributed by atoms with E-state index in [1.807, 2.05) is 0 Å². The van der Waals surface area contributed by atoms with Gasteiger partial charge in [-0.3, -0.25) is 0 Å². The molecule has 0 aliphatic carbocycles. The molecule has 0 N–H and O–H groups in total. The minimum absolute atomic E-state index is 0.498. The minimum atomic E-state index is 0.498. The molecule has 0 aliphatic heterocycles. The van der Waals surface area contributed by atoms with Crippen LogP contribution >= 0.6 is 0 Å². The molecule has 24 heavy (non-hydrogen) atoms. The highest BCUT2D eigenvalue weighted by Gasteiger charge is 2.20. The first kappa shape index (κ1) is 16.5. The summed E-state index contributed by atoms with van der Waals surface area (Å²) in [5.41, 5.74) is 9.74. The van der Waals surface area contributed by atoms with Crippen LogP contribution in [0.2, 0.25) is 0 Å². The van der Waals surface area contributed by atoms with Crippen LogP contribution in [-0.2, 0) is 6.42 Å². The van der Waals surface area contributed by atoms with Crippen LogP contribution in [0.25, 0.3) is 22.3 Å². The first-order chi connectivity index (χ1) is 11.6. The van der Waals surface area contributed by atoms with Crippen molar-refractivity contribution in [2.45, 2.75) is 40.0 Å². The summed E-state index contributed by atoms with van der Waals surface area (Å²) in [4.78, 5) is 0. The van der Waals surface area contributed by atoms with Gasteiger partial charge in [0.25, 0.3) is 0 Å². The molecule has 3 aromatic carbocycles. The zero-order chi connectivity index (χ0) is 17.1. The Bertz CT molecular complexity index is 812. The Morgan fingerprint density at radius 2 is 1.25 bits per heavy atom. The highest BCUT2D eigenvalue weighted by Crippen LogP contribution is 2.42. The van der Waals surface area contributed by atoms with Gasteiger partial charge < -0.3 is 0 Å². The number of hydrogen-bond donors (Lipinski definition) is 0. The van der Waals surface area contributed by atoms with E-state index in [1.165, 1.54) is 38.9 Å². The zero-order valence-electron chi connectivity index (χ0n) is 15.1. The molecule has 0 fully saturated rings. The topological polar surface area (TPSA) is 0 Å². The van der Waals surface area contributed by atoms with Crippen molar-refractivity contribution in [1.29, 1.82) is 0 Å². The molecule has 0 bridgehead atoms. The van der Waals surface area contributed by atoms with Crippen molar-refractivity contribution < 1.29 is 0 Å². The summed E-state index contributed by atoms with van der Waals surface area (Å²) in [6, 6.07) is 24.1. The van der Waals surface area contributed by atoms with E-state index in [4.69, 9.17) is 0 Å². The van der Waals surface area contributed by atoms with Crippen LogP contribution in [-0.4, -0.2) is 0 Å². The van der Waals surface area contributed by atoms with Gasteiger partial charge in [-0.25, -0.2) is 0 Å². The van der Waals surface area contributed by atoms with E-state index in [1.54, 1.807) is 0 Å². The van der Waals surface area contributed by atoms with Gasteiger partial charge in [-0.15, -0.1) is 0 Å². The first-order valence-electron chi connectivity index (χ1n) is 8.90. The molecule has 0 unspecified atom stereocenters. The van der Waals surface area contributed by atoms with Gasteiger partial charge in [0, 0.05) is 0 Å². The average Bonchev–Trinajstić information content (AvgIpc) is 2.61. The van der Waals surface area contributed by atoms with Gasteiger partial charge in [-0.1, -0.05) is 87.5 Å². The molecule has 3 rings (SSSR count). The van der Waals surface area contributed by atoms with Gasteiger partial charge in [0.1, 0.15) is 0 Å². The van der Waals surface area contributed by atoms with Gasteiger partial charge in [0.05, 0.1) is 0 Å². The predicted molar refractivity (Wildman–Crippen MR) is 106 cm³/mol. The number of benzene rings is 3. The van der Waals surface area contributed by atoms with E-state index >= 15 is 0 Å². The summed E-state index contributed by atoms with van der Waals surface area (Å²) in [5, 5.41) is 0. The summed E-state index contributed by atoms with van der Waals surface area (Å²) in [5.74, 6) is 0.498. The van der Waals surface area contributed by atoms with Crippen molar-refractivity contribution in [2.75, 3.05) is 0 Å². The quantitative estimate of drug-likeness (QED) is 0.485. The lowest BCUT2D eigenvalue weighted by Crippen LogP contribution is -2.03. The molecular weight excluding hydrogens is 288 g/mol. The highest BCUT2D eigenvalue weighted by molar-refractivity contribution is 5.89. The summed E-state index contributed by atoms with van der Waals surface area (Å²) < 4.78 is 0. The Labute approximate surface area is 146 Å². The van der Waals surface area contributed by atoms with Crippen molar-refractivity contribution in [3.05, 3.63) is 83.4 Å². The monoisotopic (exact) mass is 314 g/mol. The third-order valence-electron chi connectivity index (χ3n) is 4.73. The maximum atomic E-state index is 2.39. The third kappa shape index (κ3) is 3.01. The molecule has 0 saturated heterocycles. The third-order valence-corrected chi connectivity index (χ3v) is 4.73. The van der Waals surface area contributed by atoms with Gasteiger partial charge in [-0.05, 0) is 58.2 Å². The van der Waals surface area contributed by atoms with Crippen LogP contribution < -0.4 is 0 Å². The van der Waals surface area contributed by atoms with Crippen molar-refractivity contribution >= 4 is 0 Å². The number of hydrogen-bond acceptors (Lipinski definition) is 0. The second-order valence-electron chi connectivity index (χ2n) is 6.76. The lowest BCUT2D eigenvalue weighted by molar-refractivity contribution is 0.846. The molecule has 0 radical (unpaired) electrons. The van der Waals surface area contributed by atoms with Gasteiger partial charge in [0.2, 0.25) is 0 Å². The van der Waals surface area contributed by atoms with E-state index < -0.39 is 0 Å². The van der Waals surface area contributed by atoms with Crippen molar-refractivity contribution in [2.24, 2.45) is 0 Å². The predicted octanol–water partition coefficient (Wildman–Crippen LogP) is 7.01. The SMILES string of the molecule is CCc1cc(C)c(-c2ccccc2)c(-c2ccccc2)c1C(C)C. The number of rotatable bonds is 4. The van der Waals surface area contributed by atoms with Crippen LogP contribution in [0.1, 0.15) is 43.4 Å². The molecule has 0 amide bonds. The van der Waals surface area contributed by atoms with Crippen molar-refractivity contribution in [3.8, 4) is 22.3 Å². The van der Waals surface area contributed by atoms with Crippen molar-refractivity contribution in [1.82, 2.24) is 0 Å². The fraction of sp³-hybridized carbons (Fsp3) is 0.250. The molecule has 3 aromatic rings. The Hall–Kier alpha value is -2.34. The molecule has 0 aliphatic rings. The van der Waals surface area contributed by atoms with E-state index in [-0.39, 0.29) is 0 Å². The van der Waals surface area contributed by atoms with Crippen LogP contribution in [0.3, 0.4) is 0 Å². The van der Waals surface area contributed by atoms with Crippen molar-refractivity contribution in [3.63, 3.8) is 0 Å². The lowest BCUT2D eigenvalue weighted by atomic mass is 9.80.